The number of aryl methyl sites for hydroxylation is 2. The number of benzene rings is 1. The van der Waals surface area contributed by atoms with Crippen LogP contribution in [0.5, 0.6) is 0 Å². The van der Waals surface area contributed by atoms with Crippen LogP contribution in [0, 0.1) is 13.8 Å². The number of rotatable bonds is 3. The van der Waals surface area contributed by atoms with Crippen LogP contribution in [-0.2, 0) is 23.0 Å². The van der Waals surface area contributed by atoms with Gasteiger partial charge in [-0.2, -0.15) is 9.40 Å². The van der Waals surface area contributed by atoms with Crippen molar-refractivity contribution in [3.8, 4) is 11.3 Å². The van der Waals surface area contributed by atoms with Crippen molar-refractivity contribution < 1.29 is 12.9 Å². The zero-order chi connectivity index (χ0) is 17.6. The maximum Gasteiger partial charge on any atom is 0.248 e. The number of hydrogen-bond acceptors (Lipinski definition) is 5. The molecular weight excluding hydrogens is 340 g/mol. The molecule has 7 nitrogen and oxygen atoms in total. The molecule has 0 unspecified atom stereocenters. The lowest BCUT2D eigenvalue weighted by atomic mass is 10.0. The molecule has 3 heterocycles. The van der Waals surface area contributed by atoms with Gasteiger partial charge in [0.1, 0.15) is 10.6 Å². The van der Waals surface area contributed by atoms with Gasteiger partial charge in [0.15, 0.2) is 5.76 Å². The minimum absolute atomic E-state index is 0.167. The first kappa shape index (κ1) is 16.0. The molecule has 0 saturated heterocycles. The predicted octanol–water partition coefficient (Wildman–Crippen LogP) is 2.43. The Kier molecular flexibility index (Phi) is 3.73. The van der Waals surface area contributed by atoms with Crippen LogP contribution in [0.15, 0.2) is 39.8 Å². The number of nitrogens with zero attached hydrogens (tertiary/aromatic N) is 3. The first-order valence-electron chi connectivity index (χ1n) is 8.03. The van der Waals surface area contributed by atoms with E-state index in [1.807, 2.05) is 30.3 Å². The van der Waals surface area contributed by atoms with Crippen molar-refractivity contribution in [3.05, 3.63) is 53.0 Å². The molecule has 25 heavy (non-hydrogen) atoms. The van der Waals surface area contributed by atoms with E-state index in [0.29, 0.717) is 24.4 Å². The van der Waals surface area contributed by atoms with Gasteiger partial charge in [-0.3, -0.25) is 5.10 Å². The molecule has 1 aliphatic heterocycles. The molecule has 0 spiro atoms. The van der Waals surface area contributed by atoms with Crippen molar-refractivity contribution in [3.63, 3.8) is 0 Å². The topological polar surface area (TPSA) is 92.1 Å². The molecule has 4 rings (SSSR count). The minimum atomic E-state index is -3.66. The van der Waals surface area contributed by atoms with Crippen LogP contribution in [-0.4, -0.2) is 34.6 Å². The molecule has 0 amide bonds. The number of sulfonamides is 1. The number of aromatic nitrogens is 3. The Hall–Kier alpha value is -2.45. The lowest BCUT2D eigenvalue weighted by molar-refractivity contribution is 0.381. The monoisotopic (exact) mass is 358 g/mol. The van der Waals surface area contributed by atoms with Gasteiger partial charge < -0.3 is 4.52 Å². The first-order chi connectivity index (χ1) is 12.0. The average molecular weight is 358 g/mol. The van der Waals surface area contributed by atoms with Crippen LogP contribution >= 0.6 is 0 Å². The van der Waals surface area contributed by atoms with Crippen LogP contribution in [0.2, 0.25) is 0 Å². The van der Waals surface area contributed by atoms with Crippen molar-refractivity contribution in [1.29, 1.82) is 0 Å². The van der Waals surface area contributed by atoms with E-state index in [9.17, 15) is 8.42 Å². The third kappa shape index (κ3) is 2.58. The molecule has 0 radical (unpaired) electrons. The van der Waals surface area contributed by atoms with Crippen molar-refractivity contribution in [1.82, 2.24) is 19.7 Å². The highest BCUT2D eigenvalue weighted by Crippen LogP contribution is 2.32. The van der Waals surface area contributed by atoms with Gasteiger partial charge in [-0.15, -0.1) is 0 Å². The minimum Gasteiger partial charge on any atom is -0.360 e. The second-order valence-corrected chi connectivity index (χ2v) is 8.01. The highest BCUT2D eigenvalue weighted by molar-refractivity contribution is 7.89. The maximum atomic E-state index is 13.1. The number of nitrogens with one attached hydrogen (secondary N) is 1. The Bertz CT molecular complexity index is 1000. The summed E-state index contributed by atoms with van der Waals surface area (Å²) < 4.78 is 32.7. The van der Waals surface area contributed by atoms with E-state index in [0.717, 1.165) is 22.5 Å². The largest absolute Gasteiger partial charge is 0.360 e. The summed E-state index contributed by atoms with van der Waals surface area (Å²) in [5, 5.41) is 11.2. The van der Waals surface area contributed by atoms with Gasteiger partial charge in [-0.1, -0.05) is 35.5 Å². The summed E-state index contributed by atoms with van der Waals surface area (Å²) in [7, 11) is -3.66. The van der Waals surface area contributed by atoms with Crippen LogP contribution in [0.4, 0.5) is 0 Å². The highest BCUT2D eigenvalue weighted by atomic mass is 32.2. The second-order valence-electron chi connectivity index (χ2n) is 6.14. The smallest absolute Gasteiger partial charge is 0.248 e. The van der Waals surface area contributed by atoms with E-state index in [4.69, 9.17) is 4.52 Å². The third-order valence-electron chi connectivity index (χ3n) is 4.51. The molecule has 0 bridgehead atoms. The molecule has 0 saturated carbocycles. The Morgan fingerprint density at radius 3 is 2.64 bits per heavy atom. The third-order valence-corrected chi connectivity index (χ3v) is 6.60. The molecule has 130 valence electrons. The van der Waals surface area contributed by atoms with Gasteiger partial charge in [-0.25, -0.2) is 8.42 Å². The van der Waals surface area contributed by atoms with E-state index in [-0.39, 0.29) is 11.4 Å². The Morgan fingerprint density at radius 2 is 1.96 bits per heavy atom. The summed E-state index contributed by atoms with van der Waals surface area (Å²) in [6, 6.07) is 9.77. The molecule has 0 fully saturated rings. The molecular formula is C17H18N4O3S. The fourth-order valence-electron chi connectivity index (χ4n) is 3.28. The highest BCUT2D eigenvalue weighted by Gasteiger charge is 2.35. The maximum absolute atomic E-state index is 13.1. The molecule has 8 heteroatoms. The number of H-pyrrole nitrogens is 1. The van der Waals surface area contributed by atoms with Crippen LogP contribution in [0.1, 0.15) is 22.7 Å². The summed E-state index contributed by atoms with van der Waals surface area (Å²) in [4.78, 5) is 0.167. The number of hydrogen-bond donors (Lipinski definition) is 1. The van der Waals surface area contributed by atoms with E-state index in [1.165, 1.54) is 4.31 Å². The summed E-state index contributed by atoms with van der Waals surface area (Å²) in [5.74, 6) is 0.318. The standard InChI is InChI=1S/C17H18N4O3S/c1-11-17(12(2)24-20-11)25(22,23)21-9-8-15-14(10-21)16(19-18-15)13-6-4-3-5-7-13/h3-7H,8-10H2,1-2H3,(H,18,19). The zero-order valence-corrected chi connectivity index (χ0v) is 14.8. The zero-order valence-electron chi connectivity index (χ0n) is 14.0. The second kappa shape index (κ2) is 5.82. The van der Waals surface area contributed by atoms with Crippen molar-refractivity contribution in [2.24, 2.45) is 0 Å². The van der Waals surface area contributed by atoms with Gasteiger partial charge in [-0.05, 0) is 13.8 Å². The first-order valence-corrected chi connectivity index (χ1v) is 9.47. The SMILES string of the molecule is Cc1noc(C)c1S(=O)(=O)N1CCc2[nH]nc(-c3ccccc3)c2C1. The van der Waals surface area contributed by atoms with E-state index >= 15 is 0 Å². The van der Waals surface area contributed by atoms with Gasteiger partial charge in [0, 0.05) is 36.3 Å². The molecule has 1 N–H and O–H groups in total. The van der Waals surface area contributed by atoms with Crippen LogP contribution in [0.3, 0.4) is 0 Å². The number of fused-ring (bicyclic) bond motifs is 1. The van der Waals surface area contributed by atoms with Gasteiger partial charge in [0.25, 0.3) is 0 Å². The Morgan fingerprint density at radius 1 is 1.20 bits per heavy atom. The quantitative estimate of drug-likeness (QED) is 0.776. The molecule has 2 aromatic heterocycles. The van der Waals surface area contributed by atoms with Crippen molar-refractivity contribution in [2.75, 3.05) is 6.54 Å². The van der Waals surface area contributed by atoms with E-state index < -0.39 is 10.0 Å². The van der Waals surface area contributed by atoms with Crippen molar-refractivity contribution in [2.45, 2.75) is 31.7 Å². The Labute approximate surface area is 145 Å². The predicted molar refractivity (Wildman–Crippen MR) is 91.3 cm³/mol. The van der Waals surface area contributed by atoms with E-state index in [2.05, 4.69) is 15.4 Å². The lowest BCUT2D eigenvalue weighted by Gasteiger charge is -2.26. The molecule has 0 aliphatic carbocycles. The molecule has 3 aromatic rings. The molecule has 1 aliphatic rings. The lowest BCUT2D eigenvalue weighted by Crippen LogP contribution is -2.36. The van der Waals surface area contributed by atoms with Crippen LogP contribution in [0.25, 0.3) is 11.3 Å². The number of aromatic amines is 1. The fraction of sp³-hybridized carbons (Fsp3) is 0.294. The van der Waals surface area contributed by atoms with Gasteiger partial charge in [0.2, 0.25) is 10.0 Å². The normalized spacial score (nSPS) is 15.3. The van der Waals surface area contributed by atoms with E-state index in [1.54, 1.807) is 13.8 Å². The van der Waals surface area contributed by atoms with Gasteiger partial charge in [0.05, 0.1) is 5.69 Å². The van der Waals surface area contributed by atoms with Crippen LogP contribution < -0.4 is 0 Å². The summed E-state index contributed by atoms with van der Waals surface area (Å²) in [6.07, 6.45) is 0.595. The van der Waals surface area contributed by atoms with Crippen molar-refractivity contribution >= 4 is 10.0 Å². The Balaban J connectivity index is 1.73. The average Bonchev–Trinajstić information content (AvgIpc) is 3.18. The summed E-state index contributed by atoms with van der Waals surface area (Å²) >= 11 is 0. The molecule has 1 aromatic carbocycles. The summed E-state index contributed by atoms with van der Waals surface area (Å²) in [5.41, 5.74) is 4.07. The van der Waals surface area contributed by atoms with Gasteiger partial charge >= 0.3 is 0 Å². The molecule has 0 atom stereocenters. The summed E-state index contributed by atoms with van der Waals surface area (Å²) in [6.45, 7) is 3.94. The fourth-order valence-corrected chi connectivity index (χ4v) is 4.98.